The zero-order chi connectivity index (χ0) is 14.4. The van der Waals surface area contributed by atoms with Crippen molar-refractivity contribution < 1.29 is 9.53 Å². The Morgan fingerprint density at radius 2 is 2.35 bits per heavy atom. The maximum atomic E-state index is 11.6. The number of hydrogen-bond donors (Lipinski definition) is 2. The zero-order valence-electron chi connectivity index (χ0n) is 11.1. The smallest absolute Gasteiger partial charge is 0.257 e. The summed E-state index contributed by atoms with van der Waals surface area (Å²) in [5.41, 5.74) is 1.91. The first-order valence-corrected chi connectivity index (χ1v) is 6.66. The minimum Gasteiger partial charge on any atom is -0.484 e. The van der Waals surface area contributed by atoms with Gasteiger partial charge in [-0.1, -0.05) is 11.6 Å². The highest BCUT2D eigenvalue weighted by atomic mass is 35.5. The molecule has 2 rings (SSSR count). The number of ether oxygens (including phenoxy) is 1. The molecular weight excluding hydrogens is 278 g/mol. The highest BCUT2D eigenvalue weighted by Crippen LogP contribution is 2.20. The molecule has 0 radical (unpaired) electrons. The SMILES string of the molecule is Cc1cc(OCC(=O)NCCc2cnc[nH]2)ccc1Cl. The lowest BCUT2D eigenvalue weighted by molar-refractivity contribution is -0.123. The third-order valence-electron chi connectivity index (χ3n) is 2.77. The summed E-state index contributed by atoms with van der Waals surface area (Å²) in [6, 6.07) is 5.30. The molecule has 1 aromatic carbocycles. The number of nitrogens with one attached hydrogen (secondary N) is 2. The van der Waals surface area contributed by atoms with Crippen molar-refractivity contribution in [1.82, 2.24) is 15.3 Å². The van der Waals surface area contributed by atoms with Crippen LogP contribution >= 0.6 is 11.6 Å². The number of benzene rings is 1. The molecule has 0 unspecified atom stereocenters. The van der Waals surface area contributed by atoms with Crippen molar-refractivity contribution in [2.75, 3.05) is 13.2 Å². The summed E-state index contributed by atoms with van der Waals surface area (Å²) < 4.78 is 5.40. The molecule has 1 aromatic heterocycles. The van der Waals surface area contributed by atoms with Crippen LogP contribution in [0.15, 0.2) is 30.7 Å². The molecule has 5 nitrogen and oxygen atoms in total. The predicted molar refractivity (Wildman–Crippen MR) is 77.0 cm³/mol. The van der Waals surface area contributed by atoms with Crippen LogP contribution in [0.5, 0.6) is 5.75 Å². The van der Waals surface area contributed by atoms with Gasteiger partial charge in [-0.2, -0.15) is 0 Å². The summed E-state index contributed by atoms with van der Waals surface area (Å²) in [6.07, 6.45) is 4.06. The topological polar surface area (TPSA) is 67.0 Å². The number of carbonyl (C=O) groups excluding carboxylic acids is 1. The zero-order valence-corrected chi connectivity index (χ0v) is 11.9. The van der Waals surface area contributed by atoms with E-state index in [1.807, 2.05) is 6.92 Å². The fraction of sp³-hybridized carbons (Fsp3) is 0.286. The van der Waals surface area contributed by atoms with Crippen LogP contribution in [-0.2, 0) is 11.2 Å². The summed E-state index contributed by atoms with van der Waals surface area (Å²) in [4.78, 5) is 18.5. The van der Waals surface area contributed by atoms with E-state index in [1.54, 1.807) is 30.7 Å². The molecule has 0 aliphatic carbocycles. The lowest BCUT2D eigenvalue weighted by atomic mass is 10.2. The second kappa shape index (κ2) is 6.96. The maximum absolute atomic E-state index is 11.6. The maximum Gasteiger partial charge on any atom is 0.257 e. The first-order valence-electron chi connectivity index (χ1n) is 6.28. The molecule has 20 heavy (non-hydrogen) atoms. The average Bonchev–Trinajstić information content (AvgIpc) is 2.93. The van der Waals surface area contributed by atoms with E-state index < -0.39 is 0 Å². The van der Waals surface area contributed by atoms with E-state index in [-0.39, 0.29) is 12.5 Å². The molecule has 0 spiro atoms. The van der Waals surface area contributed by atoms with Gasteiger partial charge < -0.3 is 15.0 Å². The predicted octanol–water partition coefficient (Wildman–Crippen LogP) is 2.11. The molecule has 0 fully saturated rings. The number of hydrogen-bond acceptors (Lipinski definition) is 3. The van der Waals surface area contributed by atoms with E-state index >= 15 is 0 Å². The standard InChI is InChI=1S/C14H16ClN3O2/c1-10-6-12(2-3-13(10)15)20-8-14(19)17-5-4-11-7-16-9-18-11/h2-3,6-7,9H,4-5,8H2,1H3,(H,16,18)(H,17,19). The number of aromatic amines is 1. The van der Waals surface area contributed by atoms with E-state index in [4.69, 9.17) is 16.3 Å². The van der Waals surface area contributed by atoms with Crippen LogP contribution in [0.4, 0.5) is 0 Å². The van der Waals surface area contributed by atoms with Crippen molar-refractivity contribution in [2.45, 2.75) is 13.3 Å². The first-order chi connectivity index (χ1) is 9.65. The Kier molecular flexibility index (Phi) is 5.01. The van der Waals surface area contributed by atoms with Crippen LogP contribution in [-0.4, -0.2) is 29.0 Å². The summed E-state index contributed by atoms with van der Waals surface area (Å²) in [5.74, 6) is 0.479. The normalized spacial score (nSPS) is 10.3. The Hall–Kier alpha value is -2.01. The highest BCUT2D eigenvalue weighted by Gasteiger charge is 2.04. The van der Waals surface area contributed by atoms with Crippen LogP contribution < -0.4 is 10.1 Å². The van der Waals surface area contributed by atoms with Crippen LogP contribution in [0.25, 0.3) is 0 Å². The van der Waals surface area contributed by atoms with E-state index in [0.717, 1.165) is 11.3 Å². The van der Waals surface area contributed by atoms with E-state index in [2.05, 4.69) is 15.3 Å². The number of H-pyrrole nitrogens is 1. The van der Waals surface area contributed by atoms with Gasteiger partial charge in [0.25, 0.3) is 5.91 Å². The van der Waals surface area contributed by atoms with Gasteiger partial charge in [-0.05, 0) is 30.7 Å². The Bertz CT molecular complexity index is 570. The Morgan fingerprint density at radius 3 is 3.05 bits per heavy atom. The summed E-state index contributed by atoms with van der Waals surface area (Å²) in [7, 11) is 0. The average molecular weight is 294 g/mol. The van der Waals surface area contributed by atoms with Gasteiger partial charge in [0.2, 0.25) is 0 Å². The lowest BCUT2D eigenvalue weighted by Crippen LogP contribution is -2.30. The monoisotopic (exact) mass is 293 g/mol. The summed E-state index contributed by atoms with van der Waals surface area (Å²) in [5, 5.41) is 3.46. The van der Waals surface area contributed by atoms with Gasteiger partial charge >= 0.3 is 0 Å². The first kappa shape index (κ1) is 14.4. The molecule has 2 N–H and O–H groups in total. The molecule has 2 aromatic rings. The summed E-state index contributed by atoms with van der Waals surface area (Å²) >= 11 is 5.92. The quantitative estimate of drug-likeness (QED) is 0.857. The number of carbonyl (C=O) groups is 1. The third kappa shape index (κ3) is 4.28. The molecule has 0 atom stereocenters. The third-order valence-corrected chi connectivity index (χ3v) is 3.19. The summed E-state index contributed by atoms with van der Waals surface area (Å²) in [6.45, 7) is 2.42. The number of nitrogens with zero attached hydrogens (tertiary/aromatic N) is 1. The fourth-order valence-corrected chi connectivity index (χ4v) is 1.78. The van der Waals surface area contributed by atoms with Crippen molar-refractivity contribution in [3.63, 3.8) is 0 Å². The van der Waals surface area contributed by atoms with Crippen LogP contribution in [0.1, 0.15) is 11.3 Å². The van der Waals surface area contributed by atoms with Crippen molar-refractivity contribution in [2.24, 2.45) is 0 Å². The molecule has 0 aliphatic rings. The molecule has 0 saturated carbocycles. The Balaban J connectivity index is 1.70. The van der Waals surface area contributed by atoms with Gasteiger partial charge in [0.1, 0.15) is 5.75 Å². The minimum atomic E-state index is -0.155. The number of amides is 1. The van der Waals surface area contributed by atoms with E-state index in [9.17, 15) is 4.79 Å². The molecule has 106 valence electrons. The lowest BCUT2D eigenvalue weighted by Gasteiger charge is -2.08. The fourth-order valence-electron chi connectivity index (χ4n) is 1.66. The van der Waals surface area contributed by atoms with Crippen LogP contribution in [0.2, 0.25) is 5.02 Å². The second-order valence-corrected chi connectivity index (χ2v) is 4.78. The van der Waals surface area contributed by atoms with Crippen molar-refractivity contribution in [3.05, 3.63) is 47.0 Å². The van der Waals surface area contributed by atoms with Gasteiger partial charge in [-0.15, -0.1) is 0 Å². The van der Waals surface area contributed by atoms with Crippen molar-refractivity contribution >= 4 is 17.5 Å². The van der Waals surface area contributed by atoms with Gasteiger partial charge in [0.15, 0.2) is 6.61 Å². The Labute approximate surface area is 122 Å². The molecule has 0 saturated heterocycles. The highest BCUT2D eigenvalue weighted by molar-refractivity contribution is 6.31. The van der Waals surface area contributed by atoms with Gasteiger partial charge in [0, 0.05) is 29.9 Å². The van der Waals surface area contributed by atoms with Crippen LogP contribution in [0.3, 0.4) is 0 Å². The molecule has 6 heteroatoms. The molecule has 0 bridgehead atoms. The number of rotatable bonds is 6. The van der Waals surface area contributed by atoms with E-state index in [1.165, 1.54) is 0 Å². The Morgan fingerprint density at radius 1 is 1.50 bits per heavy atom. The van der Waals surface area contributed by atoms with Gasteiger partial charge in [0.05, 0.1) is 6.33 Å². The number of imidazole rings is 1. The minimum absolute atomic E-state index is 0.00987. The molecule has 1 amide bonds. The molecule has 0 aliphatic heterocycles. The number of aromatic nitrogens is 2. The van der Waals surface area contributed by atoms with Gasteiger partial charge in [-0.3, -0.25) is 4.79 Å². The number of halogens is 1. The molecular formula is C14H16ClN3O2. The van der Waals surface area contributed by atoms with E-state index in [0.29, 0.717) is 23.7 Å². The van der Waals surface area contributed by atoms with Gasteiger partial charge in [-0.25, -0.2) is 4.98 Å². The molecule has 1 heterocycles. The van der Waals surface area contributed by atoms with Crippen molar-refractivity contribution in [3.8, 4) is 5.75 Å². The van der Waals surface area contributed by atoms with Crippen molar-refractivity contribution in [1.29, 1.82) is 0 Å². The second-order valence-electron chi connectivity index (χ2n) is 4.38. The van der Waals surface area contributed by atoms with Crippen LogP contribution in [0, 0.1) is 6.92 Å². The largest absolute Gasteiger partial charge is 0.484 e. The number of aryl methyl sites for hydroxylation is 1.